The summed E-state index contributed by atoms with van der Waals surface area (Å²) in [5, 5.41) is 0. The Morgan fingerprint density at radius 1 is 0.609 bits per heavy atom. The first-order valence-electron chi connectivity index (χ1n) is 7.45. The number of ketones is 2. The molecule has 0 aliphatic heterocycles. The van der Waals surface area contributed by atoms with Crippen molar-refractivity contribution in [3.63, 3.8) is 0 Å². The molecule has 0 N–H and O–H groups in total. The summed E-state index contributed by atoms with van der Waals surface area (Å²) in [7, 11) is 0. The Bertz CT molecular complexity index is 858. The Balaban J connectivity index is 2.03. The van der Waals surface area contributed by atoms with Gasteiger partial charge in [-0.25, -0.2) is 0 Å². The molecule has 1 aliphatic carbocycles. The molecule has 0 spiro atoms. The van der Waals surface area contributed by atoms with Gasteiger partial charge in [0.2, 0.25) is 0 Å². The first-order valence-corrected chi connectivity index (χ1v) is 7.45. The molecule has 2 aromatic carbocycles. The molecule has 0 unspecified atom stereocenters. The zero-order valence-corrected chi connectivity index (χ0v) is 12.3. The molecule has 3 heteroatoms. The van der Waals surface area contributed by atoms with Crippen LogP contribution in [0.25, 0.3) is 11.1 Å². The summed E-state index contributed by atoms with van der Waals surface area (Å²) < 4.78 is 0. The minimum absolute atomic E-state index is 0.194. The standard InChI is InChI=1S/C20H13NO2/c22-19-15-9-3-1-7-13(15)14-8-2-4-10-16(14)20(23)18(19)17-11-5-6-12-21-17/h1-12,18H. The minimum atomic E-state index is -0.888. The number of nitrogens with zero attached hydrogens (tertiary/aromatic N) is 1. The second kappa shape index (κ2) is 5.29. The lowest BCUT2D eigenvalue weighted by Crippen LogP contribution is -2.22. The van der Waals surface area contributed by atoms with Gasteiger partial charge in [-0.15, -0.1) is 0 Å². The van der Waals surface area contributed by atoms with Gasteiger partial charge < -0.3 is 0 Å². The number of carbonyl (C=O) groups is 2. The second-order valence-electron chi connectivity index (χ2n) is 5.51. The number of fused-ring (bicyclic) bond motifs is 3. The molecule has 0 radical (unpaired) electrons. The van der Waals surface area contributed by atoms with E-state index in [1.807, 2.05) is 36.4 Å². The Morgan fingerprint density at radius 3 is 1.57 bits per heavy atom. The number of hydrogen-bond acceptors (Lipinski definition) is 3. The maximum Gasteiger partial charge on any atom is 0.180 e. The van der Waals surface area contributed by atoms with Gasteiger partial charge in [0.05, 0.1) is 5.69 Å². The van der Waals surface area contributed by atoms with Gasteiger partial charge >= 0.3 is 0 Å². The van der Waals surface area contributed by atoms with E-state index < -0.39 is 5.92 Å². The van der Waals surface area contributed by atoms with E-state index in [2.05, 4.69) is 4.98 Å². The van der Waals surface area contributed by atoms with Crippen molar-refractivity contribution in [2.24, 2.45) is 0 Å². The molecule has 1 heterocycles. The predicted octanol–water partition coefficient (Wildman–Crippen LogP) is 3.91. The summed E-state index contributed by atoms with van der Waals surface area (Å²) in [6.07, 6.45) is 1.61. The Labute approximate surface area is 133 Å². The number of pyridine rings is 1. The molecule has 0 saturated heterocycles. The number of hydrogen-bond donors (Lipinski definition) is 0. The Hall–Kier alpha value is -3.07. The quantitative estimate of drug-likeness (QED) is 0.640. The summed E-state index contributed by atoms with van der Waals surface area (Å²) in [6, 6.07) is 20.1. The number of aromatic nitrogens is 1. The van der Waals surface area contributed by atoms with E-state index in [1.54, 1.807) is 36.5 Å². The lowest BCUT2D eigenvalue weighted by Gasteiger charge is -2.12. The first-order chi connectivity index (χ1) is 11.3. The van der Waals surface area contributed by atoms with Gasteiger partial charge in [-0.2, -0.15) is 0 Å². The van der Waals surface area contributed by atoms with Crippen LogP contribution in [-0.2, 0) is 0 Å². The Kier molecular flexibility index (Phi) is 3.12. The number of benzene rings is 2. The van der Waals surface area contributed by atoms with Crippen molar-refractivity contribution in [2.45, 2.75) is 5.92 Å². The highest BCUT2D eigenvalue weighted by Crippen LogP contribution is 2.37. The fraction of sp³-hybridized carbons (Fsp3) is 0.0500. The largest absolute Gasteiger partial charge is 0.293 e. The SMILES string of the molecule is O=C1c2ccccc2-c2ccccc2C(=O)C1c1ccccn1. The average Bonchev–Trinajstić information content (AvgIpc) is 2.71. The number of Topliss-reactive ketones (excluding diaryl/α,β-unsaturated/α-hetero) is 2. The second-order valence-corrected chi connectivity index (χ2v) is 5.51. The van der Waals surface area contributed by atoms with Crippen molar-refractivity contribution in [3.05, 3.63) is 89.7 Å². The number of rotatable bonds is 1. The van der Waals surface area contributed by atoms with Gasteiger partial charge in [-0.05, 0) is 23.3 Å². The highest BCUT2D eigenvalue weighted by Gasteiger charge is 2.36. The van der Waals surface area contributed by atoms with Crippen LogP contribution < -0.4 is 0 Å². The third kappa shape index (κ3) is 2.09. The molecule has 3 nitrogen and oxygen atoms in total. The van der Waals surface area contributed by atoms with Gasteiger partial charge in [0.1, 0.15) is 5.92 Å². The predicted molar refractivity (Wildman–Crippen MR) is 87.5 cm³/mol. The van der Waals surface area contributed by atoms with Gasteiger partial charge in [-0.1, -0.05) is 54.6 Å². The highest BCUT2D eigenvalue weighted by molar-refractivity contribution is 6.25. The van der Waals surface area contributed by atoms with Crippen molar-refractivity contribution in [2.75, 3.05) is 0 Å². The van der Waals surface area contributed by atoms with Crippen LogP contribution in [0.5, 0.6) is 0 Å². The van der Waals surface area contributed by atoms with E-state index in [0.29, 0.717) is 16.8 Å². The molecule has 0 saturated carbocycles. The fourth-order valence-electron chi connectivity index (χ4n) is 3.11. The minimum Gasteiger partial charge on any atom is -0.293 e. The van der Waals surface area contributed by atoms with E-state index in [1.165, 1.54) is 0 Å². The van der Waals surface area contributed by atoms with Gasteiger partial charge in [0.25, 0.3) is 0 Å². The lowest BCUT2D eigenvalue weighted by molar-refractivity contribution is 0.0861. The highest BCUT2D eigenvalue weighted by atomic mass is 16.2. The molecule has 0 bridgehead atoms. The van der Waals surface area contributed by atoms with Crippen LogP contribution in [-0.4, -0.2) is 16.6 Å². The molecule has 3 aromatic rings. The molecule has 110 valence electrons. The molecule has 1 aromatic heterocycles. The van der Waals surface area contributed by atoms with Gasteiger partial charge in [0, 0.05) is 17.3 Å². The monoisotopic (exact) mass is 299 g/mol. The van der Waals surface area contributed by atoms with E-state index in [4.69, 9.17) is 0 Å². The third-order valence-electron chi connectivity index (χ3n) is 4.18. The van der Waals surface area contributed by atoms with E-state index in [0.717, 1.165) is 11.1 Å². The Morgan fingerprint density at radius 2 is 1.09 bits per heavy atom. The molecular weight excluding hydrogens is 286 g/mol. The normalized spacial score (nSPS) is 14.1. The zero-order chi connectivity index (χ0) is 15.8. The van der Waals surface area contributed by atoms with Crippen LogP contribution >= 0.6 is 0 Å². The zero-order valence-electron chi connectivity index (χ0n) is 12.3. The molecule has 1 aliphatic rings. The van der Waals surface area contributed by atoms with Crippen molar-refractivity contribution in [1.29, 1.82) is 0 Å². The van der Waals surface area contributed by atoms with E-state index >= 15 is 0 Å². The van der Waals surface area contributed by atoms with Crippen LogP contribution in [0.3, 0.4) is 0 Å². The van der Waals surface area contributed by atoms with Crippen LogP contribution in [0.4, 0.5) is 0 Å². The van der Waals surface area contributed by atoms with Crippen molar-refractivity contribution in [1.82, 2.24) is 4.98 Å². The fourth-order valence-corrected chi connectivity index (χ4v) is 3.11. The summed E-state index contributed by atoms with van der Waals surface area (Å²) in [5.74, 6) is -1.28. The van der Waals surface area contributed by atoms with Crippen LogP contribution in [0.1, 0.15) is 32.3 Å². The van der Waals surface area contributed by atoms with Crippen LogP contribution in [0, 0.1) is 0 Å². The third-order valence-corrected chi connectivity index (χ3v) is 4.18. The maximum absolute atomic E-state index is 13.1. The summed E-state index contributed by atoms with van der Waals surface area (Å²) >= 11 is 0. The van der Waals surface area contributed by atoms with Crippen LogP contribution in [0.2, 0.25) is 0 Å². The van der Waals surface area contributed by atoms with Crippen LogP contribution in [0.15, 0.2) is 72.9 Å². The number of carbonyl (C=O) groups excluding carboxylic acids is 2. The van der Waals surface area contributed by atoms with E-state index in [-0.39, 0.29) is 11.6 Å². The maximum atomic E-state index is 13.1. The lowest BCUT2D eigenvalue weighted by atomic mass is 9.89. The first kappa shape index (κ1) is 13.6. The van der Waals surface area contributed by atoms with Crippen molar-refractivity contribution >= 4 is 11.6 Å². The molecule has 0 fully saturated rings. The summed E-state index contributed by atoms with van der Waals surface area (Å²) in [6.45, 7) is 0. The smallest absolute Gasteiger partial charge is 0.180 e. The summed E-state index contributed by atoms with van der Waals surface area (Å²) in [5.41, 5.74) is 3.25. The molecule has 0 atom stereocenters. The van der Waals surface area contributed by atoms with Gasteiger partial charge in [0.15, 0.2) is 11.6 Å². The molecule has 4 rings (SSSR count). The topological polar surface area (TPSA) is 47.0 Å². The van der Waals surface area contributed by atoms with E-state index in [9.17, 15) is 9.59 Å². The summed E-state index contributed by atoms with van der Waals surface area (Å²) in [4.78, 5) is 30.4. The van der Waals surface area contributed by atoms with Crippen molar-refractivity contribution in [3.8, 4) is 11.1 Å². The molecule has 23 heavy (non-hydrogen) atoms. The average molecular weight is 299 g/mol. The van der Waals surface area contributed by atoms with Gasteiger partial charge in [-0.3, -0.25) is 14.6 Å². The van der Waals surface area contributed by atoms with Crippen molar-refractivity contribution < 1.29 is 9.59 Å². The molecule has 0 amide bonds. The molecular formula is C20H13NO2.